The second-order valence-electron chi connectivity index (χ2n) is 5.99. The largest absolute Gasteiger partial charge is 0.399 e. The molecule has 1 heterocycles. The summed E-state index contributed by atoms with van der Waals surface area (Å²) in [6, 6.07) is 6.46. The van der Waals surface area contributed by atoms with Gasteiger partial charge in [-0.05, 0) is 42.9 Å². The van der Waals surface area contributed by atoms with E-state index in [2.05, 4.69) is 24.1 Å². The van der Waals surface area contributed by atoms with Gasteiger partial charge in [-0.15, -0.1) is 0 Å². The van der Waals surface area contributed by atoms with Crippen LogP contribution in [0.4, 0.5) is 10.8 Å². The van der Waals surface area contributed by atoms with Crippen molar-refractivity contribution in [2.24, 2.45) is 5.41 Å². The van der Waals surface area contributed by atoms with E-state index in [9.17, 15) is 0 Å². The van der Waals surface area contributed by atoms with E-state index in [0.29, 0.717) is 11.5 Å². The van der Waals surface area contributed by atoms with Crippen molar-refractivity contribution in [1.82, 2.24) is 4.98 Å². The van der Waals surface area contributed by atoms with Crippen molar-refractivity contribution in [2.45, 2.75) is 39.2 Å². The highest BCUT2D eigenvalue weighted by molar-refractivity contribution is 7.22. The van der Waals surface area contributed by atoms with Crippen LogP contribution in [-0.2, 0) is 0 Å². The number of thiazole rings is 1. The SMILES string of the molecule is CC1(C)CCC(Nc2nc3ccc(N)cc3s2)C1. The predicted octanol–water partition coefficient (Wildman–Crippen LogP) is 3.87. The van der Waals surface area contributed by atoms with E-state index >= 15 is 0 Å². The Morgan fingerprint density at radius 2 is 2.28 bits per heavy atom. The van der Waals surface area contributed by atoms with Gasteiger partial charge in [0.2, 0.25) is 0 Å². The van der Waals surface area contributed by atoms with Crippen LogP contribution in [0.1, 0.15) is 33.1 Å². The van der Waals surface area contributed by atoms with Crippen LogP contribution in [0, 0.1) is 5.41 Å². The fraction of sp³-hybridized carbons (Fsp3) is 0.500. The van der Waals surface area contributed by atoms with Crippen molar-refractivity contribution in [3.8, 4) is 0 Å². The van der Waals surface area contributed by atoms with Crippen molar-refractivity contribution in [2.75, 3.05) is 11.1 Å². The summed E-state index contributed by atoms with van der Waals surface area (Å²) in [5, 5.41) is 4.60. The molecule has 1 aliphatic carbocycles. The van der Waals surface area contributed by atoms with Gasteiger partial charge in [0.25, 0.3) is 0 Å². The lowest BCUT2D eigenvalue weighted by atomic mass is 9.92. The lowest BCUT2D eigenvalue weighted by Crippen LogP contribution is -2.17. The molecule has 18 heavy (non-hydrogen) atoms. The summed E-state index contributed by atoms with van der Waals surface area (Å²) in [7, 11) is 0. The van der Waals surface area contributed by atoms with E-state index in [1.165, 1.54) is 19.3 Å². The normalized spacial score (nSPS) is 22.4. The van der Waals surface area contributed by atoms with Crippen molar-refractivity contribution in [1.29, 1.82) is 0 Å². The first-order valence-corrected chi connectivity index (χ1v) is 7.26. The van der Waals surface area contributed by atoms with Gasteiger partial charge < -0.3 is 11.1 Å². The molecule has 3 rings (SSSR count). The molecule has 2 aromatic rings. The molecular formula is C14H19N3S. The Balaban J connectivity index is 1.79. The van der Waals surface area contributed by atoms with Crippen molar-refractivity contribution >= 4 is 32.4 Å². The molecule has 1 fully saturated rings. The maximum Gasteiger partial charge on any atom is 0.184 e. The van der Waals surface area contributed by atoms with Gasteiger partial charge in [0.05, 0.1) is 10.2 Å². The Kier molecular flexibility index (Phi) is 2.70. The minimum Gasteiger partial charge on any atom is -0.399 e. The van der Waals surface area contributed by atoms with Gasteiger partial charge in [-0.3, -0.25) is 0 Å². The smallest absolute Gasteiger partial charge is 0.184 e. The van der Waals surface area contributed by atoms with Crippen LogP contribution in [-0.4, -0.2) is 11.0 Å². The first-order valence-electron chi connectivity index (χ1n) is 6.44. The average Bonchev–Trinajstić information content (AvgIpc) is 2.81. The molecule has 96 valence electrons. The average molecular weight is 261 g/mol. The molecule has 0 aliphatic heterocycles. The number of nitrogens with two attached hydrogens (primary N) is 1. The summed E-state index contributed by atoms with van der Waals surface area (Å²) in [5.74, 6) is 0. The number of fused-ring (bicyclic) bond motifs is 1. The van der Waals surface area contributed by atoms with Gasteiger partial charge in [-0.1, -0.05) is 25.2 Å². The van der Waals surface area contributed by atoms with Crippen LogP contribution >= 0.6 is 11.3 Å². The summed E-state index contributed by atoms with van der Waals surface area (Å²) >= 11 is 1.70. The van der Waals surface area contributed by atoms with Gasteiger partial charge in [0.15, 0.2) is 5.13 Å². The molecule has 1 unspecified atom stereocenters. The fourth-order valence-electron chi connectivity index (χ4n) is 2.74. The number of hydrogen-bond donors (Lipinski definition) is 2. The standard InChI is InChI=1S/C14H19N3S/c1-14(2)6-5-10(8-14)16-13-17-11-4-3-9(15)7-12(11)18-13/h3-4,7,10H,5-6,8,15H2,1-2H3,(H,16,17). The van der Waals surface area contributed by atoms with Crippen molar-refractivity contribution in [3.05, 3.63) is 18.2 Å². The molecule has 1 aromatic heterocycles. The molecule has 0 spiro atoms. The monoisotopic (exact) mass is 261 g/mol. The van der Waals surface area contributed by atoms with Crippen LogP contribution in [0.2, 0.25) is 0 Å². The number of nitrogen functional groups attached to an aromatic ring is 1. The third-order valence-electron chi connectivity index (χ3n) is 3.71. The highest BCUT2D eigenvalue weighted by Crippen LogP contribution is 2.39. The molecule has 0 bridgehead atoms. The van der Waals surface area contributed by atoms with Gasteiger partial charge in [-0.25, -0.2) is 4.98 Å². The van der Waals surface area contributed by atoms with Crippen LogP contribution in [0.5, 0.6) is 0 Å². The molecule has 1 aliphatic rings. The summed E-state index contributed by atoms with van der Waals surface area (Å²) < 4.78 is 1.16. The van der Waals surface area contributed by atoms with Gasteiger partial charge in [0, 0.05) is 11.7 Å². The number of rotatable bonds is 2. The molecule has 3 nitrogen and oxygen atoms in total. The van der Waals surface area contributed by atoms with Gasteiger partial charge >= 0.3 is 0 Å². The first kappa shape index (κ1) is 11.8. The summed E-state index contributed by atoms with van der Waals surface area (Å²) in [4.78, 5) is 4.62. The number of nitrogens with zero attached hydrogens (tertiary/aromatic N) is 1. The molecule has 4 heteroatoms. The summed E-state index contributed by atoms with van der Waals surface area (Å²) in [6.45, 7) is 4.68. The minimum absolute atomic E-state index is 0.471. The van der Waals surface area contributed by atoms with Crippen LogP contribution < -0.4 is 11.1 Å². The molecule has 0 radical (unpaired) electrons. The van der Waals surface area contributed by atoms with E-state index < -0.39 is 0 Å². The van der Waals surface area contributed by atoms with Gasteiger partial charge in [0.1, 0.15) is 0 Å². The maximum absolute atomic E-state index is 5.79. The summed E-state index contributed by atoms with van der Waals surface area (Å²) in [5.41, 5.74) is 8.10. The molecule has 1 aromatic carbocycles. The van der Waals surface area contributed by atoms with Crippen LogP contribution in [0.25, 0.3) is 10.2 Å². The zero-order valence-corrected chi connectivity index (χ0v) is 11.7. The van der Waals surface area contributed by atoms with Crippen LogP contribution in [0.3, 0.4) is 0 Å². The molecule has 1 saturated carbocycles. The molecule has 1 atom stereocenters. The van der Waals surface area contributed by atoms with Crippen LogP contribution in [0.15, 0.2) is 18.2 Å². The first-order chi connectivity index (χ1) is 8.52. The fourth-order valence-corrected chi connectivity index (χ4v) is 3.73. The Labute approximate surface area is 111 Å². The molecule has 0 saturated heterocycles. The van der Waals surface area contributed by atoms with Gasteiger partial charge in [-0.2, -0.15) is 0 Å². The third kappa shape index (κ3) is 2.29. The topological polar surface area (TPSA) is 50.9 Å². The number of benzene rings is 1. The Morgan fingerprint density at radius 1 is 1.44 bits per heavy atom. The second kappa shape index (κ2) is 4.12. The molecular weight excluding hydrogens is 242 g/mol. The minimum atomic E-state index is 0.471. The van der Waals surface area contributed by atoms with E-state index in [1.807, 2.05) is 18.2 Å². The second-order valence-corrected chi connectivity index (χ2v) is 7.03. The Hall–Kier alpha value is -1.29. The third-order valence-corrected chi connectivity index (χ3v) is 4.66. The van der Waals surface area contributed by atoms with E-state index in [0.717, 1.165) is 21.0 Å². The Bertz CT molecular complexity index is 573. The number of nitrogens with one attached hydrogen (secondary N) is 1. The quantitative estimate of drug-likeness (QED) is 0.807. The highest BCUT2D eigenvalue weighted by Gasteiger charge is 2.31. The lowest BCUT2D eigenvalue weighted by Gasteiger charge is -2.17. The maximum atomic E-state index is 5.79. The zero-order chi connectivity index (χ0) is 12.8. The van der Waals surface area contributed by atoms with E-state index in [-0.39, 0.29) is 0 Å². The molecule has 3 N–H and O–H groups in total. The highest BCUT2D eigenvalue weighted by atomic mass is 32.1. The van der Waals surface area contributed by atoms with Crippen molar-refractivity contribution < 1.29 is 0 Å². The number of aromatic nitrogens is 1. The number of anilines is 2. The van der Waals surface area contributed by atoms with Crippen molar-refractivity contribution in [3.63, 3.8) is 0 Å². The zero-order valence-electron chi connectivity index (χ0n) is 10.9. The predicted molar refractivity (Wildman–Crippen MR) is 79.1 cm³/mol. The van der Waals surface area contributed by atoms with E-state index in [1.54, 1.807) is 11.3 Å². The number of hydrogen-bond acceptors (Lipinski definition) is 4. The van der Waals surface area contributed by atoms with E-state index in [4.69, 9.17) is 5.73 Å². The Morgan fingerprint density at radius 3 is 3.00 bits per heavy atom. The molecule has 0 amide bonds. The lowest BCUT2D eigenvalue weighted by molar-refractivity contribution is 0.378. The summed E-state index contributed by atoms with van der Waals surface area (Å²) in [6.07, 6.45) is 3.76.